The summed E-state index contributed by atoms with van der Waals surface area (Å²) in [7, 11) is 0. The average molecular weight is 462 g/mol. The average Bonchev–Trinajstić information content (AvgIpc) is 3.21. The van der Waals surface area contributed by atoms with Crippen LogP contribution < -0.4 is 9.64 Å². The number of nitrogens with zero attached hydrogens (tertiary/aromatic N) is 3. The molecular formula is C24H32ClN3O2S. The lowest BCUT2D eigenvalue weighted by Gasteiger charge is -2.24. The number of fused-ring (bicyclic) bond motifs is 1. The number of thiazole rings is 1. The van der Waals surface area contributed by atoms with E-state index in [2.05, 4.69) is 30.9 Å². The first kappa shape index (κ1) is 25.1. The third-order valence-electron chi connectivity index (χ3n) is 5.21. The molecule has 0 saturated carbocycles. The quantitative estimate of drug-likeness (QED) is 0.382. The fraction of sp³-hybridized carbons (Fsp3) is 0.417. The van der Waals surface area contributed by atoms with Crippen LogP contribution in [-0.2, 0) is 11.2 Å². The molecule has 31 heavy (non-hydrogen) atoms. The molecule has 0 aliphatic carbocycles. The Morgan fingerprint density at radius 3 is 2.42 bits per heavy atom. The van der Waals surface area contributed by atoms with Gasteiger partial charge in [0.05, 0.1) is 11.3 Å². The van der Waals surface area contributed by atoms with Crippen LogP contribution in [0.2, 0.25) is 0 Å². The lowest BCUT2D eigenvalue weighted by atomic mass is 10.1. The number of likely N-dealkylation sites (N-methyl/N-ethyl adjacent to an activating group) is 1. The molecule has 3 rings (SSSR count). The minimum Gasteiger partial charge on any atom is -0.492 e. The lowest BCUT2D eigenvalue weighted by molar-refractivity contribution is -0.118. The monoisotopic (exact) mass is 461 g/mol. The van der Waals surface area contributed by atoms with Gasteiger partial charge in [-0.3, -0.25) is 9.69 Å². The van der Waals surface area contributed by atoms with E-state index >= 15 is 0 Å². The van der Waals surface area contributed by atoms with Crippen molar-refractivity contribution in [2.45, 2.75) is 33.6 Å². The number of halogens is 1. The standard InChI is InChI=1S/C24H31N3O2S.ClH/c1-4-26(5-2)17-18-27(22(28)16-15-19-11-8-7-9-12-19)24-25-23-20(29-6-3)13-10-14-21(23)30-24;/h7-14H,4-6,15-18H2,1-3H3;1H. The Kier molecular flexibility index (Phi) is 10.2. The summed E-state index contributed by atoms with van der Waals surface area (Å²) < 4.78 is 6.78. The summed E-state index contributed by atoms with van der Waals surface area (Å²) in [6, 6.07) is 16.1. The van der Waals surface area contributed by atoms with E-state index in [4.69, 9.17) is 9.72 Å². The van der Waals surface area contributed by atoms with Crippen molar-refractivity contribution in [2.24, 2.45) is 0 Å². The molecule has 1 aromatic heterocycles. The molecule has 0 unspecified atom stereocenters. The van der Waals surface area contributed by atoms with Gasteiger partial charge in [-0.1, -0.05) is 61.6 Å². The summed E-state index contributed by atoms with van der Waals surface area (Å²) in [4.78, 5) is 22.2. The van der Waals surface area contributed by atoms with Crippen LogP contribution >= 0.6 is 23.7 Å². The Bertz CT molecular complexity index is 944. The Labute approximate surface area is 195 Å². The highest BCUT2D eigenvalue weighted by Gasteiger charge is 2.21. The lowest BCUT2D eigenvalue weighted by Crippen LogP contribution is -2.39. The fourth-order valence-electron chi connectivity index (χ4n) is 3.44. The van der Waals surface area contributed by atoms with Crippen LogP contribution in [0.5, 0.6) is 5.75 Å². The summed E-state index contributed by atoms with van der Waals surface area (Å²) in [6.45, 7) is 10.3. The molecule has 2 aromatic carbocycles. The first-order chi connectivity index (χ1) is 14.7. The molecule has 0 fully saturated rings. The molecule has 5 nitrogen and oxygen atoms in total. The van der Waals surface area contributed by atoms with Crippen molar-refractivity contribution >= 4 is 45.0 Å². The first-order valence-corrected chi connectivity index (χ1v) is 11.6. The first-order valence-electron chi connectivity index (χ1n) is 10.7. The Balaban J connectivity index is 0.00000341. The van der Waals surface area contributed by atoms with E-state index in [1.54, 1.807) is 11.3 Å². The molecule has 0 N–H and O–H groups in total. The normalized spacial score (nSPS) is 10.8. The van der Waals surface area contributed by atoms with E-state index in [-0.39, 0.29) is 18.3 Å². The number of amides is 1. The van der Waals surface area contributed by atoms with Gasteiger partial charge in [0.25, 0.3) is 0 Å². The highest BCUT2D eigenvalue weighted by Crippen LogP contribution is 2.34. The molecule has 0 saturated heterocycles. The molecule has 0 aliphatic rings. The Morgan fingerprint density at radius 2 is 1.74 bits per heavy atom. The maximum absolute atomic E-state index is 13.2. The minimum atomic E-state index is 0. The second kappa shape index (κ2) is 12.6. The second-order valence-electron chi connectivity index (χ2n) is 7.09. The van der Waals surface area contributed by atoms with Crippen molar-refractivity contribution in [1.29, 1.82) is 0 Å². The fourth-order valence-corrected chi connectivity index (χ4v) is 4.46. The van der Waals surface area contributed by atoms with Crippen molar-refractivity contribution < 1.29 is 9.53 Å². The summed E-state index contributed by atoms with van der Waals surface area (Å²) in [5.74, 6) is 0.890. The summed E-state index contributed by atoms with van der Waals surface area (Å²) in [5.41, 5.74) is 2.01. The number of aromatic nitrogens is 1. The van der Waals surface area contributed by atoms with E-state index < -0.39 is 0 Å². The molecule has 3 aromatic rings. The third kappa shape index (κ3) is 6.66. The summed E-state index contributed by atoms with van der Waals surface area (Å²) >= 11 is 1.56. The topological polar surface area (TPSA) is 45.7 Å². The highest BCUT2D eigenvalue weighted by molar-refractivity contribution is 7.22. The van der Waals surface area contributed by atoms with Crippen molar-refractivity contribution in [3.05, 3.63) is 54.1 Å². The van der Waals surface area contributed by atoms with Crippen LogP contribution in [0.25, 0.3) is 10.2 Å². The van der Waals surface area contributed by atoms with Gasteiger partial charge in [-0.15, -0.1) is 12.4 Å². The number of benzene rings is 2. The number of carbonyl (C=O) groups is 1. The molecule has 1 heterocycles. The zero-order valence-corrected chi connectivity index (χ0v) is 20.2. The number of hydrogen-bond donors (Lipinski definition) is 0. The van der Waals surface area contributed by atoms with Crippen molar-refractivity contribution in [2.75, 3.05) is 37.7 Å². The van der Waals surface area contributed by atoms with Crippen LogP contribution in [0.1, 0.15) is 32.8 Å². The summed E-state index contributed by atoms with van der Waals surface area (Å²) in [6.07, 6.45) is 1.20. The molecule has 1 amide bonds. The zero-order valence-electron chi connectivity index (χ0n) is 18.5. The Hall–Kier alpha value is -2.15. The van der Waals surface area contributed by atoms with Gasteiger partial charge in [0.15, 0.2) is 5.13 Å². The van der Waals surface area contributed by atoms with Crippen molar-refractivity contribution in [3.8, 4) is 5.75 Å². The van der Waals surface area contributed by atoms with Crippen molar-refractivity contribution in [3.63, 3.8) is 0 Å². The minimum absolute atomic E-state index is 0. The molecule has 0 spiro atoms. The molecule has 168 valence electrons. The van der Waals surface area contributed by atoms with Gasteiger partial charge >= 0.3 is 0 Å². The molecule has 0 bridgehead atoms. The second-order valence-corrected chi connectivity index (χ2v) is 8.10. The Morgan fingerprint density at radius 1 is 1.00 bits per heavy atom. The maximum Gasteiger partial charge on any atom is 0.229 e. The molecule has 7 heteroatoms. The predicted molar refractivity (Wildman–Crippen MR) is 133 cm³/mol. The number of carbonyl (C=O) groups excluding carboxylic acids is 1. The number of aryl methyl sites for hydroxylation is 1. The van der Waals surface area contributed by atoms with Gasteiger partial charge in [-0.2, -0.15) is 0 Å². The van der Waals surface area contributed by atoms with Gasteiger partial charge in [0.2, 0.25) is 5.91 Å². The van der Waals surface area contributed by atoms with E-state index in [0.29, 0.717) is 19.6 Å². The van der Waals surface area contributed by atoms with E-state index in [0.717, 1.165) is 47.2 Å². The number of para-hydroxylation sites is 1. The number of anilines is 1. The number of ether oxygens (including phenoxy) is 1. The van der Waals surface area contributed by atoms with Crippen LogP contribution in [0, 0.1) is 0 Å². The zero-order chi connectivity index (χ0) is 21.3. The van der Waals surface area contributed by atoms with Crippen LogP contribution in [0.4, 0.5) is 5.13 Å². The molecule has 0 aliphatic heterocycles. The van der Waals surface area contributed by atoms with Gasteiger partial charge in [-0.25, -0.2) is 4.98 Å². The summed E-state index contributed by atoms with van der Waals surface area (Å²) in [5, 5.41) is 0.752. The maximum atomic E-state index is 13.2. The number of hydrogen-bond acceptors (Lipinski definition) is 5. The molecule has 0 atom stereocenters. The van der Waals surface area contributed by atoms with Gasteiger partial charge < -0.3 is 9.64 Å². The van der Waals surface area contributed by atoms with E-state index in [1.165, 1.54) is 5.56 Å². The van der Waals surface area contributed by atoms with Crippen LogP contribution in [-0.4, -0.2) is 48.6 Å². The van der Waals surface area contributed by atoms with Crippen molar-refractivity contribution in [1.82, 2.24) is 9.88 Å². The van der Waals surface area contributed by atoms with Gasteiger partial charge in [0, 0.05) is 19.5 Å². The molecule has 0 radical (unpaired) electrons. The largest absolute Gasteiger partial charge is 0.492 e. The highest BCUT2D eigenvalue weighted by atomic mass is 35.5. The number of rotatable bonds is 11. The van der Waals surface area contributed by atoms with Crippen LogP contribution in [0.15, 0.2) is 48.5 Å². The van der Waals surface area contributed by atoms with E-state index in [9.17, 15) is 4.79 Å². The van der Waals surface area contributed by atoms with Crippen LogP contribution in [0.3, 0.4) is 0 Å². The SMILES string of the molecule is CCOc1cccc2sc(N(CCN(CC)CC)C(=O)CCc3ccccc3)nc12.Cl. The smallest absolute Gasteiger partial charge is 0.229 e. The third-order valence-corrected chi connectivity index (χ3v) is 6.25. The van der Waals surface area contributed by atoms with Gasteiger partial charge in [0.1, 0.15) is 11.3 Å². The molecular weight excluding hydrogens is 430 g/mol. The van der Waals surface area contributed by atoms with Gasteiger partial charge in [-0.05, 0) is 44.1 Å². The predicted octanol–water partition coefficient (Wildman–Crippen LogP) is 5.42. The van der Waals surface area contributed by atoms with E-state index in [1.807, 2.05) is 48.2 Å².